The average molecular weight is 141 g/mol. The Kier molecular flexibility index (Phi) is 2.45. The number of aromatic amines is 1. The van der Waals surface area contributed by atoms with E-state index in [1.807, 2.05) is 30.9 Å². The van der Waals surface area contributed by atoms with Gasteiger partial charge in [0.1, 0.15) is 19.0 Å². The molecule has 0 saturated heterocycles. The molecule has 0 aliphatic rings. The minimum Gasteiger partial charge on any atom is -0.369 e. The van der Waals surface area contributed by atoms with Crippen LogP contribution in [0.2, 0.25) is 0 Å². The number of rotatable bonds is 3. The second-order valence-electron chi connectivity index (χ2n) is 2.15. The molecule has 0 saturated carbocycles. The van der Waals surface area contributed by atoms with Crippen molar-refractivity contribution >= 4 is 0 Å². The standard InChI is InChI=1S/C7H12N2O/c1-3-10-6-7-8-4-5-9(7)2/h4-5H,3,6H2,1-2H3/p+1. The zero-order chi connectivity index (χ0) is 7.40. The molecular weight excluding hydrogens is 128 g/mol. The summed E-state index contributed by atoms with van der Waals surface area (Å²) in [4.78, 5) is 3.08. The molecule has 1 aromatic heterocycles. The zero-order valence-corrected chi connectivity index (χ0v) is 6.42. The molecule has 1 aromatic rings. The molecule has 0 spiro atoms. The molecule has 0 unspecified atom stereocenters. The Labute approximate surface area is 60.6 Å². The van der Waals surface area contributed by atoms with Crippen molar-refractivity contribution < 1.29 is 9.30 Å². The second-order valence-corrected chi connectivity index (χ2v) is 2.15. The quantitative estimate of drug-likeness (QED) is 0.605. The Balaban J connectivity index is 2.49. The van der Waals surface area contributed by atoms with E-state index in [1.54, 1.807) is 0 Å². The van der Waals surface area contributed by atoms with Gasteiger partial charge in [0.15, 0.2) is 0 Å². The highest BCUT2D eigenvalue weighted by atomic mass is 16.5. The van der Waals surface area contributed by atoms with Gasteiger partial charge in [-0.1, -0.05) is 0 Å². The highest BCUT2D eigenvalue weighted by Gasteiger charge is 2.03. The third-order valence-corrected chi connectivity index (χ3v) is 1.42. The summed E-state index contributed by atoms with van der Waals surface area (Å²) >= 11 is 0. The fourth-order valence-corrected chi connectivity index (χ4v) is 0.779. The van der Waals surface area contributed by atoms with Gasteiger partial charge in [-0.2, -0.15) is 0 Å². The first kappa shape index (κ1) is 7.28. The molecule has 0 aliphatic heterocycles. The van der Waals surface area contributed by atoms with Gasteiger partial charge in [0, 0.05) is 6.61 Å². The Morgan fingerprint density at radius 2 is 2.50 bits per heavy atom. The minimum atomic E-state index is 0.667. The van der Waals surface area contributed by atoms with Gasteiger partial charge in [0.25, 0.3) is 5.82 Å². The predicted molar refractivity (Wildman–Crippen MR) is 37.3 cm³/mol. The predicted octanol–water partition coefficient (Wildman–Crippen LogP) is 0.376. The largest absolute Gasteiger partial charge is 0.369 e. The van der Waals surface area contributed by atoms with Crippen molar-refractivity contribution in [1.82, 2.24) is 4.98 Å². The minimum absolute atomic E-state index is 0.667. The second kappa shape index (κ2) is 3.37. The summed E-state index contributed by atoms with van der Waals surface area (Å²) in [5.74, 6) is 1.10. The van der Waals surface area contributed by atoms with Crippen LogP contribution in [0.4, 0.5) is 0 Å². The maximum absolute atomic E-state index is 5.21. The van der Waals surface area contributed by atoms with E-state index in [2.05, 4.69) is 4.98 Å². The van der Waals surface area contributed by atoms with Gasteiger partial charge < -0.3 is 4.74 Å². The molecule has 0 aromatic carbocycles. The molecule has 0 atom stereocenters. The average Bonchev–Trinajstić information content (AvgIpc) is 2.31. The van der Waals surface area contributed by atoms with E-state index >= 15 is 0 Å². The molecule has 0 bridgehead atoms. The highest BCUT2D eigenvalue weighted by molar-refractivity contribution is 4.72. The summed E-state index contributed by atoms with van der Waals surface area (Å²) in [6.07, 6.45) is 3.86. The number of nitrogens with zero attached hydrogens (tertiary/aromatic N) is 1. The van der Waals surface area contributed by atoms with E-state index in [9.17, 15) is 0 Å². The van der Waals surface area contributed by atoms with E-state index in [-0.39, 0.29) is 0 Å². The molecule has 10 heavy (non-hydrogen) atoms. The van der Waals surface area contributed by atoms with E-state index in [1.165, 1.54) is 0 Å². The van der Waals surface area contributed by atoms with Crippen LogP contribution in [0.3, 0.4) is 0 Å². The van der Waals surface area contributed by atoms with E-state index in [0.717, 1.165) is 12.4 Å². The van der Waals surface area contributed by atoms with Gasteiger partial charge in [-0.25, -0.2) is 9.55 Å². The maximum atomic E-state index is 5.21. The van der Waals surface area contributed by atoms with Crippen LogP contribution < -0.4 is 4.57 Å². The Bertz CT molecular complexity index is 195. The van der Waals surface area contributed by atoms with Crippen LogP contribution in [-0.4, -0.2) is 11.6 Å². The fourth-order valence-electron chi connectivity index (χ4n) is 0.779. The molecule has 0 fully saturated rings. The molecule has 1 rings (SSSR count). The van der Waals surface area contributed by atoms with Crippen molar-refractivity contribution in [3.8, 4) is 0 Å². The number of imidazole rings is 1. The summed E-state index contributed by atoms with van der Waals surface area (Å²) in [5.41, 5.74) is 0. The van der Waals surface area contributed by atoms with Crippen LogP contribution >= 0.6 is 0 Å². The normalized spacial score (nSPS) is 10.2. The van der Waals surface area contributed by atoms with Crippen molar-refractivity contribution in [2.45, 2.75) is 13.5 Å². The molecular formula is C7H13N2O+. The van der Waals surface area contributed by atoms with Crippen molar-refractivity contribution in [3.05, 3.63) is 18.2 Å². The van der Waals surface area contributed by atoms with Crippen molar-refractivity contribution in [2.24, 2.45) is 7.05 Å². The fraction of sp³-hybridized carbons (Fsp3) is 0.571. The number of ether oxygens (including phenoxy) is 1. The lowest BCUT2D eigenvalue weighted by molar-refractivity contribution is -0.679. The summed E-state index contributed by atoms with van der Waals surface area (Å²) in [5, 5.41) is 0. The summed E-state index contributed by atoms with van der Waals surface area (Å²) in [6.45, 7) is 3.42. The van der Waals surface area contributed by atoms with Gasteiger partial charge in [0.05, 0.1) is 7.05 Å². The van der Waals surface area contributed by atoms with Crippen LogP contribution in [0.25, 0.3) is 0 Å². The van der Waals surface area contributed by atoms with E-state index < -0.39 is 0 Å². The van der Waals surface area contributed by atoms with Gasteiger partial charge >= 0.3 is 0 Å². The van der Waals surface area contributed by atoms with Crippen LogP contribution in [0.5, 0.6) is 0 Å². The highest BCUT2D eigenvalue weighted by Crippen LogP contribution is 1.87. The summed E-state index contributed by atoms with van der Waals surface area (Å²) in [7, 11) is 1.99. The third kappa shape index (κ3) is 1.57. The van der Waals surface area contributed by atoms with Crippen LogP contribution in [0.15, 0.2) is 12.4 Å². The molecule has 3 nitrogen and oxygen atoms in total. The molecule has 0 amide bonds. The lowest BCUT2D eigenvalue weighted by atomic mass is 10.6. The van der Waals surface area contributed by atoms with Gasteiger partial charge in [-0.05, 0) is 6.92 Å². The number of aromatic nitrogens is 2. The Hall–Kier alpha value is -0.830. The lowest BCUT2D eigenvalue weighted by Gasteiger charge is -1.93. The Morgan fingerprint density at radius 1 is 1.70 bits per heavy atom. The van der Waals surface area contributed by atoms with Crippen LogP contribution in [0.1, 0.15) is 12.7 Å². The summed E-state index contributed by atoms with van der Waals surface area (Å²) in [6, 6.07) is 0. The monoisotopic (exact) mass is 141 g/mol. The first-order valence-electron chi connectivity index (χ1n) is 3.44. The topological polar surface area (TPSA) is 28.9 Å². The molecule has 0 radical (unpaired) electrons. The SMILES string of the molecule is CCOCc1[nH]cc[n+]1C. The van der Waals surface area contributed by atoms with E-state index in [4.69, 9.17) is 4.74 Å². The van der Waals surface area contributed by atoms with Crippen LogP contribution in [0, 0.1) is 0 Å². The van der Waals surface area contributed by atoms with Crippen molar-refractivity contribution in [1.29, 1.82) is 0 Å². The third-order valence-electron chi connectivity index (χ3n) is 1.42. The maximum Gasteiger partial charge on any atom is 0.280 e. The number of nitrogens with one attached hydrogen (secondary N) is 1. The first-order valence-corrected chi connectivity index (χ1v) is 3.44. The van der Waals surface area contributed by atoms with E-state index in [0.29, 0.717) is 6.61 Å². The van der Waals surface area contributed by atoms with Gasteiger partial charge in [0.2, 0.25) is 0 Å². The summed E-state index contributed by atoms with van der Waals surface area (Å²) < 4.78 is 7.22. The molecule has 1 N–H and O–H groups in total. The van der Waals surface area contributed by atoms with Crippen molar-refractivity contribution in [2.75, 3.05) is 6.61 Å². The Morgan fingerprint density at radius 3 is 3.00 bits per heavy atom. The first-order chi connectivity index (χ1) is 4.84. The lowest BCUT2D eigenvalue weighted by Crippen LogP contribution is -2.30. The van der Waals surface area contributed by atoms with Crippen LogP contribution in [-0.2, 0) is 18.4 Å². The number of hydrogen-bond acceptors (Lipinski definition) is 1. The smallest absolute Gasteiger partial charge is 0.280 e. The molecule has 56 valence electrons. The van der Waals surface area contributed by atoms with Gasteiger partial charge in [-0.15, -0.1) is 0 Å². The molecule has 1 heterocycles. The van der Waals surface area contributed by atoms with Crippen molar-refractivity contribution in [3.63, 3.8) is 0 Å². The zero-order valence-electron chi connectivity index (χ0n) is 6.42. The number of aryl methyl sites for hydroxylation is 1. The van der Waals surface area contributed by atoms with Gasteiger partial charge in [-0.3, -0.25) is 0 Å². The molecule has 0 aliphatic carbocycles. The number of hydrogen-bond donors (Lipinski definition) is 1. The molecule has 3 heteroatoms. The number of H-pyrrole nitrogens is 1.